The quantitative estimate of drug-likeness (QED) is 0.483. The summed E-state index contributed by atoms with van der Waals surface area (Å²) in [7, 11) is 1.27. The van der Waals surface area contributed by atoms with Gasteiger partial charge in [0.15, 0.2) is 5.82 Å². The smallest absolute Gasteiger partial charge is 0.296 e. The summed E-state index contributed by atoms with van der Waals surface area (Å²) in [6, 6.07) is 5.55. The van der Waals surface area contributed by atoms with Crippen LogP contribution in [0.25, 0.3) is 11.4 Å². The SMILES string of the molecule is CCn1c(-c2ccc([N+](=O)[O-])cc2)nnc1S(=O)(=O)Cl. The second-order valence-electron chi connectivity index (χ2n) is 3.79. The number of hydrogen-bond acceptors (Lipinski definition) is 6. The Morgan fingerprint density at radius 3 is 2.35 bits per heavy atom. The molecule has 0 atom stereocenters. The van der Waals surface area contributed by atoms with Crippen LogP contribution in [0.1, 0.15) is 6.92 Å². The molecule has 0 saturated carbocycles. The Morgan fingerprint density at radius 1 is 1.30 bits per heavy atom. The van der Waals surface area contributed by atoms with Crippen LogP contribution in [0.3, 0.4) is 0 Å². The van der Waals surface area contributed by atoms with E-state index in [1.165, 1.54) is 28.8 Å². The molecule has 0 aliphatic carbocycles. The van der Waals surface area contributed by atoms with Gasteiger partial charge in [-0.2, -0.15) is 0 Å². The summed E-state index contributed by atoms with van der Waals surface area (Å²) < 4.78 is 24.0. The van der Waals surface area contributed by atoms with E-state index in [4.69, 9.17) is 10.7 Å². The van der Waals surface area contributed by atoms with E-state index < -0.39 is 14.0 Å². The standard InChI is InChI=1S/C10H9ClN4O4S/c1-2-14-9(12-13-10(14)20(11,18)19)7-3-5-8(6-4-7)15(16)17/h3-6H,2H2,1H3. The highest BCUT2D eigenvalue weighted by molar-refractivity contribution is 8.13. The number of nitro groups is 1. The fraction of sp³-hybridized carbons (Fsp3) is 0.200. The summed E-state index contributed by atoms with van der Waals surface area (Å²) >= 11 is 0. The van der Waals surface area contributed by atoms with Crippen molar-refractivity contribution in [3.05, 3.63) is 34.4 Å². The molecule has 0 bridgehead atoms. The maximum atomic E-state index is 11.4. The zero-order valence-corrected chi connectivity index (χ0v) is 11.8. The van der Waals surface area contributed by atoms with E-state index >= 15 is 0 Å². The fourth-order valence-electron chi connectivity index (χ4n) is 1.70. The molecule has 0 amide bonds. The van der Waals surface area contributed by atoms with Gasteiger partial charge in [0.25, 0.3) is 19.9 Å². The Labute approximate surface area is 118 Å². The molecule has 1 aromatic carbocycles. The van der Waals surface area contributed by atoms with Crippen molar-refractivity contribution in [1.82, 2.24) is 14.8 Å². The van der Waals surface area contributed by atoms with Crippen LogP contribution in [0.15, 0.2) is 29.4 Å². The van der Waals surface area contributed by atoms with Crippen molar-refractivity contribution in [3.8, 4) is 11.4 Å². The molecule has 1 aromatic heterocycles. The third-order valence-electron chi connectivity index (χ3n) is 2.59. The first-order valence-electron chi connectivity index (χ1n) is 5.47. The molecule has 1 heterocycles. The van der Waals surface area contributed by atoms with E-state index in [9.17, 15) is 18.5 Å². The predicted molar refractivity (Wildman–Crippen MR) is 70.8 cm³/mol. The lowest BCUT2D eigenvalue weighted by molar-refractivity contribution is -0.384. The number of halogens is 1. The molecule has 0 fully saturated rings. The number of nitrogens with zero attached hydrogens (tertiary/aromatic N) is 4. The Bertz CT molecular complexity index is 754. The van der Waals surface area contributed by atoms with Gasteiger partial charge in [-0.1, -0.05) is 0 Å². The molecule has 2 aromatic rings. The van der Waals surface area contributed by atoms with Crippen molar-refractivity contribution >= 4 is 25.4 Å². The average Bonchev–Trinajstić information content (AvgIpc) is 2.82. The molecule has 10 heteroatoms. The highest BCUT2D eigenvalue weighted by atomic mass is 35.7. The first kappa shape index (κ1) is 14.4. The summed E-state index contributed by atoms with van der Waals surface area (Å²) in [4.78, 5) is 10.1. The van der Waals surface area contributed by atoms with Crippen molar-refractivity contribution in [2.75, 3.05) is 0 Å². The van der Waals surface area contributed by atoms with Gasteiger partial charge >= 0.3 is 0 Å². The Kier molecular flexibility index (Phi) is 3.73. The van der Waals surface area contributed by atoms with Gasteiger partial charge < -0.3 is 0 Å². The molecule has 2 rings (SSSR count). The van der Waals surface area contributed by atoms with Crippen LogP contribution in [0.2, 0.25) is 0 Å². The molecule has 0 spiro atoms. The predicted octanol–water partition coefficient (Wildman–Crippen LogP) is 1.80. The third-order valence-corrected chi connectivity index (χ3v) is 3.74. The lowest BCUT2D eigenvalue weighted by atomic mass is 10.2. The van der Waals surface area contributed by atoms with E-state index in [1.54, 1.807) is 6.92 Å². The Balaban J connectivity index is 2.53. The first-order chi connectivity index (χ1) is 9.34. The van der Waals surface area contributed by atoms with Crippen LogP contribution in [-0.4, -0.2) is 28.1 Å². The maximum Gasteiger partial charge on any atom is 0.296 e. The summed E-state index contributed by atoms with van der Waals surface area (Å²) in [5.74, 6) is 0.279. The number of hydrogen-bond donors (Lipinski definition) is 0. The summed E-state index contributed by atoms with van der Waals surface area (Å²) in [5, 5.41) is 17.6. The molecule has 0 aliphatic heterocycles. The molecule has 106 valence electrons. The van der Waals surface area contributed by atoms with Crippen molar-refractivity contribution in [2.45, 2.75) is 18.6 Å². The number of rotatable bonds is 4. The molecular formula is C10H9ClN4O4S. The second-order valence-corrected chi connectivity index (χ2v) is 6.25. The first-order valence-corrected chi connectivity index (χ1v) is 7.78. The van der Waals surface area contributed by atoms with Crippen molar-refractivity contribution < 1.29 is 13.3 Å². The van der Waals surface area contributed by atoms with Gasteiger partial charge in [0.1, 0.15) is 0 Å². The fourth-order valence-corrected chi connectivity index (χ4v) is 2.66. The number of aromatic nitrogens is 3. The van der Waals surface area contributed by atoms with Crippen LogP contribution in [-0.2, 0) is 15.6 Å². The largest absolute Gasteiger partial charge is 0.297 e. The summed E-state index contributed by atoms with van der Waals surface area (Å²) in [6.07, 6.45) is 0. The zero-order valence-electron chi connectivity index (χ0n) is 10.2. The Hall–Kier alpha value is -2.00. The zero-order chi connectivity index (χ0) is 14.9. The van der Waals surface area contributed by atoms with Crippen LogP contribution < -0.4 is 0 Å². The molecule has 0 radical (unpaired) electrons. The van der Waals surface area contributed by atoms with Crippen LogP contribution >= 0.6 is 10.7 Å². The average molecular weight is 317 g/mol. The monoisotopic (exact) mass is 316 g/mol. The lowest BCUT2D eigenvalue weighted by Gasteiger charge is -2.05. The molecular weight excluding hydrogens is 308 g/mol. The number of benzene rings is 1. The van der Waals surface area contributed by atoms with E-state index in [-0.39, 0.29) is 16.7 Å². The molecule has 0 saturated heterocycles. The van der Waals surface area contributed by atoms with E-state index in [1.807, 2.05) is 0 Å². The second kappa shape index (κ2) is 5.17. The maximum absolute atomic E-state index is 11.4. The molecule has 20 heavy (non-hydrogen) atoms. The third kappa shape index (κ3) is 2.63. The molecule has 8 nitrogen and oxygen atoms in total. The van der Waals surface area contributed by atoms with Crippen LogP contribution in [0.5, 0.6) is 0 Å². The minimum Gasteiger partial charge on any atom is -0.297 e. The number of nitro benzene ring substituents is 1. The van der Waals surface area contributed by atoms with Gasteiger partial charge in [-0.15, -0.1) is 10.2 Å². The van der Waals surface area contributed by atoms with Crippen LogP contribution in [0.4, 0.5) is 5.69 Å². The highest BCUT2D eigenvalue weighted by Crippen LogP contribution is 2.24. The molecule has 0 N–H and O–H groups in total. The lowest BCUT2D eigenvalue weighted by Crippen LogP contribution is -2.06. The van der Waals surface area contributed by atoms with Crippen molar-refractivity contribution in [1.29, 1.82) is 0 Å². The van der Waals surface area contributed by atoms with E-state index in [2.05, 4.69) is 10.2 Å². The van der Waals surface area contributed by atoms with Crippen molar-refractivity contribution in [2.24, 2.45) is 0 Å². The van der Waals surface area contributed by atoms with Gasteiger partial charge in [-0.3, -0.25) is 14.7 Å². The molecule has 0 unspecified atom stereocenters. The minimum atomic E-state index is -4.00. The van der Waals surface area contributed by atoms with Crippen molar-refractivity contribution in [3.63, 3.8) is 0 Å². The van der Waals surface area contributed by atoms with Gasteiger partial charge in [-0.25, -0.2) is 8.42 Å². The van der Waals surface area contributed by atoms with Gasteiger partial charge in [0.05, 0.1) is 4.92 Å². The summed E-state index contributed by atoms with van der Waals surface area (Å²) in [6.45, 7) is 2.00. The number of non-ortho nitro benzene ring substituents is 1. The Morgan fingerprint density at radius 2 is 1.90 bits per heavy atom. The van der Waals surface area contributed by atoms with Gasteiger partial charge in [0, 0.05) is 34.9 Å². The van der Waals surface area contributed by atoms with Gasteiger partial charge in [0.2, 0.25) is 0 Å². The van der Waals surface area contributed by atoms with E-state index in [0.717, 1.165) is 0 Å². The highest BCUT2D eigenvalue weighted by Gasteiger charge is 2.22. The minimum absolute atomic E-state index is 0.0681. The normalized spacial score (nSPS) is 11.5. The van der Waals surface area contributed by atoms with Crippen LogP contribution in [0, 0.1) is 10.1 Å². The topological polar surface area (TPSA) is 108 Å². The van der Waals surface area contributed by atoms with E-state index in [0.29, 0.717) is 12.1 Å². The van der Waals surface area contributed by atoms with Gasteiger partial charge in [-0.05, 0) is 19.1 Å². The molecule has 0 aliphatic rings. The summed E-state index contributed by atoms with van der Waals surface area (Å²) in [5.41, 5.74) is 0.443.